The fraction of sp³-hybridized carbons (Fsp3) is 0.667. The van der Waals surface area contributed by atoms with Crippen molar-refractivity contribution in [2.45, 2.75) is 26.3 Å². The van der Waals surface area contributed by atoms with E-state index in [2.05, 4.69) is 24.9 Å². The highest BCUT2D eigenvalue weighted by molar-refractivity contribution is 7.16. The molecule has 1 unspecified atom stereocenters. The second-order valence-electron chi connectivity index (χ2n) is 4.32. The Kier molecular flexibility index (Phi) is 6.74. The fourth-order valence-corrected chi connectivity index (χ4v) is 3.09. The highest BCUT2D eigenvalue weighted by atomic mass is 35.5. The van der Waals surface area contributed by atoms with Crippen molar-refractivity contribution in [2.75, 3.05) is 19.5 Å². The Hall–Kier alpha value is 0.240. The Morgan fingerprint density at radius 3 is 2.69 bits per heavy atom. The summed E-state index contributed by atoms with van der Waals surface area (Å²) in [6.45, 7) is 4.37. The number of alkyl halides is 1. The minimum Gasteiger partial charge on any atom is -0.301 e. The third-order valence-electron chi connectivity index (χ3n) is 2.66. The van der Waals surface area contributed by atoms with E-state index in [0.717, 1.165) is 29.7 Å². The summed E-state index contributed by atoms with van der Waals surface area (Å²) in [7, 11) is 2.15. The molecule has 0 aromatic carbocycles. The molecule has 0 saturated carbocycles. The molecule has 16 heavy (non-hydrogen) atoms. The molecule has 0 saturated heterocycles. The van der Waals surface area contributed by atoms with Crippen molar-refractivity contribution in [3.63, 3.8) is 0 Å². The predicted molar refractivity (Wildman–Crippen MR) is 74.8 cm³/mol. The smallest absolute Gasteiger partial charge is 0.0931 e. The van der Waals surface area contributed by atoms with Gasteiger partial charge in [0.25, 0.3) is 0 Å². The van der Waals surface area contributed by atoms with Crippen molar-refractivity contribution in [2.24, 2.45) is 5.92 Å². The maximum atomic E-state index is 5.90. The molecule has 0 N–H and O–H groups in total. The van der Waals surface area contributed by atoms with Crippen molar-refractivity contribution in [3.05, 3.63) is 21.3 Å². The lowest BCUT2D eigenvalue weighted by atomic mass is 10.1. The van der Waals surface area contributed by atoms with Gasteiger partial charge in [0.15, 0.2) is 0 Å². The lowest BCUT2D eigenvalue weighted by Gasteiger charge is -2.18. The number of thiophene rings is 1. The van der Waals surface area contributed by atoms with Gasteiger partial charge in [-0.3, -0.25) is 0 Å². The average molecular weight is 280 g/mol. The molecule has 1 aromatic rings. The van der Waals surface area contributed by atoms with E-state index < -0.39 is 0 Å². The van der Waals surface area contributed by atoms with E-state index in [1.54, 1.807) is 11.3 Å². The Morgan fingerprint density at radius 2 is 2.12 bits per heavy atom. The van der Waals surface area contributed by atoms with Crippen molar-refractivity contribution >= 4 is 34.5 Å². The van der Waals surface area contributed by atoms with Gasteiger partial charge in [-0.05, 0) is 44.5 Å². The zero-order valence-electron chi connectivity index (χ0n) is 9.88. The van der Waals surface area contributed by atoms with Crippen LogP contribution >= 0.6 is 34.5 Å². The van der Waals surface area contributed by atoms with Crippen LogP contribution in [0.1, 0.15) is 24.6 Å². The Morgan fingerprint density at radius 1 is 1.38 bits per heavy atom. The number of rotatable bonds is 7. The van der Waals surface area contributed by atoms with Gasteiger partial charge in [0, 0.05) is 17.3 Å². The maximum absolute atomic E-state index is 5.90. The molecular formula is C12H19Cl2NS. The molecule has 0 fully saturated rings. The molecule has 1 rings (SSSR count). The molecule has 0 amide bonds. The molecule has 1 nitrogen and oxygen atoms in total. The van der Waals surface area contributed by atoms with Crippen molar-refractivity contribution < 1.29 is 0 Å². The van der Waals surface area contributed by atoms with Crippen LogP contribution in [0, 0.1) is 5.92 Å². The number of hydrogen-bond acceptors (Lipinski definition) is 2. The predicted octanol–water partition coefficient (Wildman–Crippen LogP) is 4.49. The zero-order chi connectivity index (χ0) is 12.0. The van der Waals surface area contributed by atoms with E-state index in [1.165, 1.54) is 11.3 Å². The summed E-state index contributed by atoms with van der Waals surface area (Å²) in [6, 6.07) is 4.07. The third kappa shape index (κ3) is 5.53. The second-order valence-corrected chi connectivity index (χ2v) is 6.49. The first-order chi connectivity index (χ1) is 7.61. The summed E-state index contributed by atoms with van der Waals surface area (Å²) in [6.07, 6.45) is 2.32. The SMILES string of the molecule is CC(CCCl)CCN(C)Cc1ccc(Cl)s1. The first-order valence-corrected chi connectivity index (χ1v) is 7.33. The van der Waals surface area contributed by atoms with Crippen LogP contribution in [0.15, 0.2) is 12.1 Å². The van der Waals surface area contributed by atoms with Crippen LogP contribution in [-0.4, -0.2) is 24.4 Å². The fourth-order valence-electron chi connectivity index (χ4n) is 1.55. The standard InChI is InChI=1S/C12H19Cl2NS/c1-10(5-7-13)6-8-15(2)9-11-3-4-12(14)16-11/h3-4,10H,5-9H2,1-2H3. The quantitative estimate of drug-likeness (QED) is 0.665. The number of nitrogens with zero attached hydrogens (tertiary/aromatic N) is 1. The Labute approximate surface area is 112 Å². The van der Waals surface area contributed by atoms with E-state index in [0.29, 0.717) is 5.92 Å². The minimum absolute atomic E-state index is 0.715. The maximum Gasteiger partial charge on any atom is 0.0931 e. The zero-order valence-corrected chi connectivity index (χ0v) is 12.2. The van der Waals surface area contributed by atoms with Crippen molar-refractivity contribution in [1.29, 1.82) is 0 Å². The molecule has 0 aliphatic heterocycles. The van der Waals surface area contributed by atoms with Gasteiger partial charge in [0.1, 0.15) is 0 Å². The van der Waals surface area contributed by atoms with Crippen LogP contribution < -0.4 is 0 Å². The van der Waals surface area contributed by atoms with Crippen LogP contribution in [-0.2, 0) is 6.54 Å². The van der Waals surface area contributed by atoms with E-state index >= 15 is 0 Å². The highest BCUT2D eigenvalue weighted by Gasteiger charge is 2.06. The summed E-state index contributed by atoms with van der Waals surface area (Å²) in [5, 5.41) is 0. The minimum atomic E-state index is 0.715. The lowest BCUT2D eigenvalue weighted by Crippen LogP contribution is -2.20. The molecule has 1 atom stereocenters. The molecule has 0 spiro atoms. The average Bonchev–Trinajstić information content (AvgIpc) is 2.61. The largest absolute Gasteiger partial charge is 0.301 e. The summed E-state index contributed by atoms with van der Waals surface area (Å²) in [5.41, 5.74) is 0. The summed E-state index contributed by atoms with van der Waals surface area (Å²) in [4.78, 5) is 3.67. The highest BCUT2D eigenvalue weighted by Crippen LogP contribution is 2.22. The molecule has 1 heterocycles. The molecule has 0 aliphatic carbocycles. The van der Waals surface area contributed by atoms with Gasteiger partial charge >= 0.3 is 0 Å². The molecule has 4 heteroatoms. The van der Waals surface area contributed by atoms with Crippen molar-refractivity contribution in [3.8, 4) is 0 Å². The molecule has 0 bridgehead atoms. The van der Waals surface area contributed by atoms with E-state index in [4.69, 9.17) is 23.2 Å². The van der Waals surface area contributed by atoms with Crippen molar-refractivity contribution in [1.82, 2.24) is 4.90 Å². The van der Waals surface area contributed by atoms with Gasteiger partial charge in [-0.25, -0.2) is 0 Å². The number of hydrogen-bond donors (Lipinski definition) is 0. The molecule has 1 aromatic heterocycles. The first kappa shape index (κ1) is 14.3. The number of halogens is 2. The Bertz CT molecular complexity index is 301. The van der Waals surface area contributed by atoms with Gasteiger partial charge in [0.2, 0.25) is 0 Å². The molecule has 0 aliphatic rings. The van der Waals surface area contributed by atoms with E-state index in [-0.39, 0.29) is 0 Å². The molecule has 0 radical (unpaired) electrons. The normalized spacial score (nSPS) is 13.3. The lowest BCUT2D eigenvalue weighted by molar-refractivity contribution is 0.299. The first-order valence-electron chi connectivity index (χ1n) is 5.60. The van der Waals surface area contributed by atoms with Gasteiger partial charge < -0.3 is 4.90 Å². The van der Waals surface area contributed by atoms with E-state index in [1.807, 2.05) is 6.07 Å². The topological polar surface area (TPSA) is 3.24 Å². The van der Waals surface area contributed by atoms with Gasteiger partial charge in [-0.2, -0.15) is 0 Å². The summed E-state index contributed by atoms with van der Waals surface area (Å²) < 4.78 is 0.874. The summed E-state index contributed by atoms with van der Waals surface area (Å²) >= 11 is 13.3. The van der Waals surface area contributed by atoms with Gasteiger partial charge in [-0.1, -0.05) is 18.5 Å². The van der Waals surface area contributed by atoms with Gasteiger partial charge in [0.05, 0.1) is 4.34 Å². The second kappa shape index (κ2) is 7.54. The third-order valence-corrected chi connectivity index (χ3v) is 4.09. The monoisotopic (exact) mass is 279 g/mol. The van der Waals surface area contributed by atoms with Crippen LogP contribution in [0.3, 0.4) is 0 Å². The Balaban J connectivity index is 2.23. The van der Waals surface area contributed by atoms with Crippen LogP contribution in [0.4, 0.5) is 0 Å². The van der Waals surface area contributed by atoms with Gasteiger partial charge in [-0.15, -0.1) is 22.9 Å². The van der Waals surface area contributed by atoms with Crippen LogP contribution in [0.25, 0.3) is 0 Å². The molecule has 92 valence electrons. The molecular weight excluding hydrogens is 261 g/mol. The van der Waals surface area contributed by atoms with E-state index in [9.17, 15) is 0 Å². The summed E-state index contributed by atoms with van der Waals surface area (Å²) in [5.74, 6) is 1.48. The van der Waals surface area contributed by atoms with Crippen LogP contribution in [0.2, 0.25) is 4.34 Å². The van der Waals surface area contributed by atoms with Crippen LogP contribution in [0.5, 0.6) is 0 Å².